The van der Waals surface area contributed by atoms with Crippen molar-refractivity contribution in [2.75, 3.05) is 29.6 Å². The number of hydrogen-bond donors (Lipinski definition) is 3. The molecule has 1 heterocycles. The van der Waals surface area contributed by atoms with Gasteiger partial charge in [-0.05, 0) is 56.2 Å². The van der Waals surface area contributed by atoms with Crippen molar-refractivity contribution in [2.45, 2.75) is 50.0 Å². The van der Waals surface area contributed by atoms with E-state index < -0.39 is 10.0 Å². The Morgan fingerprint density at radius 2 is 1.49 bits per heavy atom. The van der Waals surface area contributed by atoms with Gasteiger partial charge in [0.05, 0.1) is 19.1 Å². The van der Waals surface area contributed by atoms with Gasteiger partial charge in [-0.3, -0.25) is 4.72 Å². The lowest BCUT2D eigenvalue weighted by molar-refractivity contribution is 0.354. The molecule has 1 fully saturated rings. The minimum Gasteiger partial charge on any atom is -0.493 e. The van der Waals surface area contributed by atoms with Crippen LogP contribution in [0.1, 0.15) is 37.9 Å². The molecule has 3 aromatic rings. The fourth-order valence-electron chi connectivity index (χ4n) is 4.13. The third-order valence-corrected chi connectivity index (χ3v) is 7.25. The Morgan fingerprint density at radius 3 is 2.17 bits per heavy atom. The molecule has 1 aliphatic rings. The number of anilines is 4. The average Bonchev–Trinajstić information content (AvgIpc) is 2.85. The Hall–Kier alpha value is -3.53. The Balaban J connectivity index is 1.44. The van der Waals surface area contributed by atoms with Crippen LogP contribution in [0.15, 0.2) is 53.4 Å². The maximum atomic E-state index is 12.8. The highest BCUT2D eigenvalue weighted by atomic mass is 32.2. The molecular weight excluding hydrogens is 466 g/mol. The molecule has 2 aromatic carbocycles. The fraction of sp³-hybridized carbons (Fsp3) is 0.360. The van der Waals surface area contributed by atoms with E-state index in [-0.39, 0.29) is 4.90 Å². The zero-order chi connectivity index (χ0) is 24.8. The van der Waals surface area contributed by atoms with Gasteiger partial charge in [-0.25, -0.2) is 18.4 Å². The number of aromatic nitrogens is 2. The third-order valence-electron chi connectivity index (χ3n) is 5.87. The molecule has 1 saturated carbocycles. The number of aryl methyl sites for hydroxylation is 1. The normalized spacial score (nSPS) is 14.3. The van der Waals surface area contributed by atoms with E-state index in [9.17, 15) is 8.42 Å². The zero-order valence-corrected chi connectivity index (χ0v) is 21.0. The summed E-state index contributed by atoms with van der Waals surface area (Å²) >= 11 is 0. The maximum absolute atomic E-state index is 12.8. The van der Waals surface area contributed by atoms with Crippen molar-refractivity contribution in [1.82, 2.24) is 9.97 Å². The monoisotopic (exact) mass is 497 g/mol. The van der Waals surface area contributed by atoms with Crippen molar-refractivity contribution < 1.29 is 17.9 Å². The van der Waals surface area contributed by atoms with Gasteiger partial charge in [0, 0.05) is 29.5 Å². The SMILES string of the molecule is COc1ccc(S(=O)(=O)Nc2ccc(Nc3cc(NC4CCCCC4)nc(C)n3)cc2)cc1OC. The van der Waals surface area contributed by atoms with Gasteiger partial charge in [0.25, 0.3) is 10.0 Å². The van der Waals surface area contributed by atoms with Crippen LogP contribution in [0.2, 0.25) is 0 Å². The number of sulfonamides is 1. The number of ether oxygens (including phenoxy) is 2. The summed E-state index contributed by atoms with van der Waals surface area (Å²) in [6.07, 6.45) is 6.11. The van der Waals surface area contributed by atoms with E-state index in [1.807, 2.05) is 13.0 Å². The van der Waals surface area contributed by atoms with Crippen LogP contribution in [0, 0.1) is 6.92 Å². The smallest absolute Gasteiger partial charge is 0.262 e. The van der Waals surface area contributed by atoms with Gasteiger partial charge in [0.2, 0.25) is 0 Å². The lowest BCUT2D eigenvalue weighted by atomic mass is 9.95. The summed E-state index contributed by atoms with van der Waals surface area (Å²) in [5.41, 5.74) is 1.21. The van der Waals surface area contributed by atoms with E-state index in [1.165, 1.54) is 45.6 Å². The van der Waals surface area contributed by atoms with E-state index in [2.05, 4.69) is 25.3 Å². The first-order valence-corrected chi connectivity index (χ1v) is 13.1. The molecule has 35 heavy (non-hydrogen) atoms. The topological polar surface area (TPSA) is 114 Å². The van der Waals surface area contributed by atoms with E-state index in [0.717, 1.165) is 24.3 Å². The first-order valence-electron chi connectivity index (χ1n) is 11.6. The summed E-state index contributed by atoms with van der Waals surface area (Å²) in [4.78, 5) is 9.07. The number of methoxy groups -OCH3 is 2. The third kappa shape index (κ3) is 6.33. The van der Waals surface area contributed by atoms with Crippen LogP contribution in [0.5, 0.6) is 11.5 Å². The van der Waals surface area contributed by atoms with Crippen LogP contribution in [-0.2, 0) is 10.0 Å². The standard InChI is InChI=1S/C25H31N5O4S/c1-17-26-24(28-18-7-5-4-6-8-18)16-25(27-17)29-19-9-11-20(12-10-19)30-35(31,32)21-13-14-22(33-2)23(15-21)34-3/h9-16,18,30H,4-8H2,1-3H3,(H2,26,27,28,29). The maximum Gasteiger partial charge on any atom is 0.262 e. The van der Waals surface area contributed by atoms with Crippen molar-refractivity contribution in [3.63, 3.8) is 0 Å². The van der Waals surface area contributed by atoms with Crippen LogP contribution in [0.3, 0.4) is 0 Å². The predicted octanol–water partition coefficient (Wildman–Crippen LogP) is 5.09. The molecule has 1 aromatic heterocycles. The van der Waals surface area contributed by atoms with Crippen molar-refractivity contribution >= 4 is 33.0 Å². The molecule has 0 amide bonds. The average molecular weight is 498 g/mol. The van der Waals surface area contributed by atoms with Crippen molar-refractivity contribution in [1.29, 1.82) is 0 Å². The summed E-state index contributed by atoms with van der Waals surface area (Å²) in [6, 6.07) is 13.8. The summed E-state index contributed by atoms with van der Waals surface area (Å²) in [7, 11) is -0.846. The van der Waals surface area contributed by atoms with Gasteiger partial charge in [-0.1, -0.05) is 19.3 Å². The van der Waals surface area contributed by atoms with Crippen molar-refractivity contribution in [3.05, 3.63) is 54.4 Å². The minimum absolute atomic E-state index is 0.0757. The molecule has 1 aliphatic carbocycles. The van der Waals surface area contributed by atoms with E-state index in [4.69, 9.17) is 9.47 Å². The highest BCUT2D eigenvalue weighted by Gasteiger charge is 2.18. The molecule has 3 N–H and O–H groups in total. The van der Waals surface area contributed by atoms with E-state index >= 15 is 0 Å². The summed E-state index contributed by atoms with van der Waals surface area (Å²) < 4.78 is 38.7. The second kappa shape index (κ2) is 10.8. The Bertz CT molecular complexity index is 1260. The first-order chi connectivity index (χ1) is 16.9. The van der Waals surface area contributed by atoms with Gasteiger partial charge in [-0.15, -0.1) is 0 Å². The highest BCUT2D eigenvalue weighted by molar-refractivity contribution is 7.92. The lowest BCUT2D eigenvalue weighted by Gasteiger charge is -2.23. The number of nitrogens with one attached hydrogen (secondary N) is 3. The lowest BCUT2D eigenvalue weighted by Crippen LogP contribution is -2.23. The van der Waals surface area contributed by atoms with Crippen LogP contribution < -0.4 is 24.8 Å². The van der Waals surface area contributed by atoms with Crippen molar-refractivity contribution in [3.8, 4) is 11.5 Å². The molecule has 0 spiro atoms. The molecule has 0 unspecified atom stereocenters. The largest absolute Gasteiger partial charge is 0.493 e. The number of nitrogens with zero attached hydrogens (tertiary/aromatic N) is 2. The molecule has 186 valence electrons. The van der Waals surface area contributed by atoms with Crippen LogP contribution in [-0.4, -0.2) is 38.6 Å². The Kier molecular flexibility index (Phi) is 7.60. The minimum atomic E-state index is -3.80. The fourth-order valence-corrected chi connectivity index (χ4v) is 5.20. The van der Waals surface area contributed by atoms with Gasteiger partial charge < -0.3 is 20.1 Å². The summed E-state index contributed by atoms with van der Waals surface area (Å²) in [6.45, 7) is 1.86. The number of benzene rings is 2. The highest BCUT2D eigenvalue weighted by Crippen LogP contribution is 2.30. The molecule has 0 saturated heterocycles. The van der Waals surface area contributed by atoms with E-state index in [1.54, 1.807) is 30.3 Å². The van der Waals surface area contributed by atoms with Gasteiger partial charge in [0.15, 0.2) is 11.5 Å². The van der Waals surface area contributed by atoms with Crippen LogP contribution in [0.25, 0.3) is 0 Å². The number of rotatable bonds is 9. The van der Waals surface area contributed by atoms with E-state index in [0.29, 0.717) is 34.9 Å². The Labute approximate surface area is 206 Å². The second-order valence-electron chi connectivity index (χ2n) is 8.49. The molecule has 0 aliphatic heterocycles. The van der Waals surface area contributed by atoms with Crippen molar-refractivity contribution in [2.24, 2.45) is 0 Å². The Morgan fingerprint density at radius 1 is 0.829 bits per heavy atom. The molecule has 10 heteroatoms. The number of hydrogen-bond acceptors (Lipinski definition) is 8. The molecule has 4 rings (SSSR count). The first kappa shape index (κ1) is 24.6. The van der Waals surface area contributed by atoms with Gasteiger partial charge in [0.1, 0.15) is 17.5 Å². The van der Waals surface area contributed by atoms with Crippen LogP contribution >= 0.6 is 0 Å². The molecule has 0 bridgehead atoms. The quantitative estimate of drug-likeness (QED) is 0.374. The van der Waals surface area contributed by atoms with Gasteiger partial charge >= 0.3 is 0 Å². The zero-order valence-electron chi connectivity index (χ0n) is 20.2. The second-order valence-corrected chi connectivity index (χ2v) is 10.2. The molecular formula is C25H31N5O4S. The molecule has 9 nitrogen and oxygen atoms in total. The summed E-state index contributed by atoms with van der Waals surface area (Å²) in [5, 5.41) is 6.80. The van der Waals surface area contributed by atoms with Gasteiger partial charge in [-0.2, -0.15) is 0 Å². The summed E-state index contributed by atoms with van der Waals surface area (Å²) in [5.74, 6) is 2.96. The molecule has 0 atom stereocenters. The molecule has 0 radical (unpaired) electrons. The van der Waals surface area contributed by atoms with Crippen LogP contribution in [0.4, 0.5) is 23.0 Å². The predicted molar refractivity (Wildman–Crippen MR) is 137 cm³/mol.